The van der Waals surface area contributed by atoms with Crippen LogP contribution in [0, 0.1) is 11.3 Å². The van der Waals surface area contributed by atoms with Crippen LogP contribution in [0.3, 0.4) is 0 Å². The minimum atomic E-state index is -0.472. The molecule has 2 fully saturated rings. The second kappa shape index (κ2) is 11.0. The van der Waals surface area contributed by atoms with Crippen molar-refractivity contribution in [2.24, 2.45) is 18.4 Å². The van der Waals surface area contributed by atoms with Crippen LogP contribution in [0.2, 0.25) is 0 Å². The molecule has 2 unspecified atom stereocenters. The Kier molecular flexibility index (Phi) is 8.06. The number of hydrogen-bond donors (Lipinski definition) is 0. The van der Waals surface area contributed by atoms with Gasteiger partial charge in [-0.25, -0.2) is 9.67 Å². The summed E-state index contributed by atoms with van der Waals surface area (Å²) in [6.45, 7) is 9.07. The maximum Gasteiger partial charge on any atom is 0.311 e. The monoisotopic (exact) mass is 485 g/mol. The number of esters is 1. The summed E-state index contributed by atoms with van der Waals surface area (Å²) < 4.78 is 18.6. The molecule has 0 radical (unpaired) electrons. The first-order valence-electron chi connectivity index (χ1n) is 12.9. The highest BCUT2D eigenvalue weighted by Crippen LogP contribution is 2.40. The number of methoxy groups -OCH3 is 1. The van der Waals surface area contributed by atoms with Gasteiger partial charge in [-0.3, -0.25) is 4.79 Å². The van der Waals surface area contributed by atoms with Gasteiger partial charge in [-0.05, 0) is 63.5 Å². The van der Waals surface area contributed by atoms with Gasteiger partial charge in [-0.1, -0.05) is 19.1 Å². The lowest BCUT2D eigenvalue weighted by molar-refractivity contribution is -0.169. The maximum atomic E-state index is 12.5. The Morgan fingerprint density at radius 1 is 1.26 bits per heavy atom. The fraction of sp³-hybridized carbons (Fsp3) is 0.692. The highest BCUT2D eigenvalue weighted by atomic mass is 16.7. The van der Waals surface area contributed by atoms with E-state index < -0.39 is 5.41 Å². The Morgan fingerprint density at radius 3 is 2.77 bits per heavy atom. The zero-order valence-corrected chi connectivity index (χ0v) is 21.7. The van der Waals surface area contributed by atoms with Crippen LogP contribution in [0.5, 0.6) is 0 Å². The zero-order chi connectivity index (χ0) is 25.0. The molecule has 9 nitrogen and oxygen atoms in total. The largest absolute Gasteiger partial charge is 0.469 e. The van der Waals surface area contributed by atoms with Crippen LogP contribution in [0.4, 0.5) is 5.69 Å². The van der Waals surface area contributed by atoms with E-state index >= 15 is 0 Å². The standard InChI is InChI=1S/C26H39N5O4/c1-6-19-21(31-14-13-18(16-31)26(3,7-2)25(32)33-5)12-11-20(27-19)24-22(30(4)29-28-24)17-35-23-10-8-9-15-34-23/h11-12,18,23H,6-10,13-17H2,1-5H3/t18-,23?,26?/m1/s1. The average Bonchev–Trinajstić information content (AvgIpc) is 3.54. The van der Waals surface area contributed by atoms with Gasteiger partial charge in [0.1, 0.15) is 5.69 Å². The van der Waals surface area contributed by atoms with E-state index in [1.54, 1.807) is 4.68 Å². The minimum absolute atomic E-state index is 0.118. The lowest BCUT2D eigenvalue weighted by Crippen LogP contribution is -2.38. The third kappa shape index (κ3) is 5.21. The lowest BCUT2D eigenvalue weighted by atomic mass is 9.74. The summed E-state index contributed by atoms with van der Waals surface area (Å²) in [5.74, 6) is 0.127. The molecular weight excluding hydrogens is 446 g/mol. The van der Waals surface area contributed by atoms with Gasteiger partial charge < -0.3 is 19.1 Å². The van der Waals surface area contributed by atoms with Crippen LogP contribution in [0.15, 0.2) is 12.1 Å². The van der Waals surface area contributed by atoms with E-state index in [0.717, 1.165) is 86.7 Å². The van der Waals surface area contributed by atoms with Crippen molar-refractivity contribution in [2.75, 3.05) is 31.7 Å². The van der Waals surface area contributed by atoms with E-state index in [9.17, 15) is 4.79 Å². The van der Waals surface area contributed by atoms with Crippen molar-refractivity contribution in [3.05, 3.63) is 23.5 Å². The molecule has 2 aromatic heterocycles. The van der Waals surface area contributed by atoms with E-state index in [-0.39, 0.29) is 18.2 Å². The second-order valence-electron chi connectivity index (χ2n) is 9.83. The van der Waals surface area contributed by atoms with Crippen molar-refractivity contribution < 1.29 is 19.0 Å². The van der Waals surface area contributed by atoms with Gasteiger partial charge in [-0.2, -0.15) is 0 Å². The predicted octanol–water partition coefficient (Wildman–Crippen LogP) is 3.90. The molecular formula is C26H39N5O4. The molecule has 35 heavy (non-hydrogen) atoms. The molecule has 0 N–H and O–H groups in total. The van der Waals surface area contributed by atoms with Crippen molar-refractivity contribution >= 4 is 11.7 Å². The van der Waals surface area contributed by atoms with Gasteiger partial charge in [0, 0.05) is 26.7 Å². The summed E-state index contributed by atoms with van der Waals surface area (Å²) in [5.41, 5.74) is 4.10. The van der Waals surface area contributed by atoms with Crippen molar-refractivity contribution in [3.63, 3.8) is 0 Å². The fourth-order valence-electron chi connectivity index (χ4n) is 5.26. The first kappa shape index (κ1) is 25.6. The van der Waals surface area contributed by atoms with Gasteiger partial charge in [-0.15, -0.1) is 5.10 Å². The van der Waals surface area contributed by atoms with Crippen LogP contribution >= 0.6 is 0 Å². The molecule has 0 bridgehead atoms. The quantitative estimate of drug-likeness (QED) is 0.494. The lowest BCUT2D eigenvalue weighted by Gasteiger charge is -2.32. The van der Waals surface area contributed by atoms with E-state index in [1.807, 2.05) is 20.0 Å². The van der Waals surface area contributed by atoms with Gasteiger partial charge in [0.15, 0.2) is 6.29 Å². The van der Waals surface area contributed by atoms with Crippen LogP contribution in [-0.4, -0.2) is 59.0 Å². The Bertz CT molecular complexity index is 1020. The molecule has 192 valence electrons. The molecule has 0 saturated carbocycles. The number of hydrogen-bond acceptors (Lipinski definition) is 8. The summed E-state index contributed by atoms with van der Waals surface area (Å²) in [5, 5.41) is 8.64. The summed E-state index contributed by atoms with van der Waals surface area (Å²) in [4.78, 5) is 19.9. The molecule has 0 aromatic carbocycles. The molecule has 2 saturated heterocycles. The Balaban J connectivity index is 1.52. The van der Waals surface area contributed by atoms with E-state index in [4.69, 9.17) is 19.2 Å². The molecule has 2 aliphatic heterocycles. The average molecular weight is 486 g/mol. The molecule has 4 heterocycles. The molecule has 0 aliphatic carbocycles. The van der Waals surface area contributed by atoms with Gasteiger partial charge in [0.25, 0.3) is 0 Å². The summed E-state index contributed by atoms with van der Waals surface area (Å²) in [6.07, 6.45) is 5.48. The van der Waals surface area contributed by atoms with E-state index in [2.05, 4.69) is 35.1 Å². The number of ether oxygens (including phenoxy) is 3. The first-order valence-corrected chi connectivity index (χ1v) is 12.9. The minimum Gasteiger partial charge on any atom is -0.469 e. The first-order chi connectivity index (χ1) is 16.9. The molecule has 4 rings (SSSR count). The zero-order valence-electron chi connectivity index (χ0n) is 21.7. The fourth-order valence-corrected chi connectivity index (χ4v) is 5.26. The SMILES string of the molecule is CCc1nc(-c2nnn(C)c2COC2CCCCO2)ccc1N1CC[C@@H](C(C)(CC)C(=O)OC)C1. The molecule has 0 amide bonds. The Hall–Kier alpha value is -2.52. The third-order valence-electron chi connectivity index (χ3n) is 7.83. The van der Waals surface area contributed by atoms with Crippen LogP contribution in [0.1, 0.15) is 64.3 Å². The summed E-state index contributed by atoms with van der Waals surface area (Å²) in [7, 11) is 3.36. The Labute approximate surface area is 208 Å². The molecule has 3 atom stereocenters. The molecule has 9 heteroatoms. The number of aryl methyl sites for hydroxylation is 2. The highest BCUT2D eigenvalue weighted by Gasteiger charge is 2.44. The normalized spacial score (nSPS) is 22.3. The molecule has 2 aromatic rings. The van der Waals surface area contributed by atoms with Gasteiger partial charge >= 0.3 is 5.97 Å². The number of pyridine rings is 1. The number of carbonyl (C=O) groups is 1. The summed E-state index contributed by atoms with van der Waals surface area (Å²) >= 11 is 0. The van der Waals surface area contributed by atoms with E-state index in [1.165, 1.54) is 7.11 Å². The van der Waals surface area contributed by atoms with Crippen molar-refractivity contribution in [1.82, 2.24) is 20.0 Å². The van der Waals surface area contributed by atoms with Gasteiger partial charge in [0.2, 0.25) is 0 Å². The smallest absolute Gasteiger partial charge is 0.311 e. The number of carbonyl (C=O) groups excluding carboxylic acids is 1. The predicted molar refractivity (Wildman–Crippen MR) is 133 cm³/mol. The number of aromatic nitrogens is 4. The molecule has 0 spiro atoms. The second-order valence-corrected chi connectivity index (χ2v) is 9.83. The van der Waals surface area contributed by atoms with Crippen molar-refractivity contribution in [1.29, 1.82) is 0 Å². The topological polar surface area (TPSA) is 91.6 Å². The van der Waals surface area contributed by atoms with Crippen molar-refractivity contribution in [3.8, 4) is 11.4 Å². The Morgan fingerprint density at radius 2 is 2.09 bits per heavy atom. The van der Waals surface area contributed by atoms with Gasteiger partial charge in [0.05, 0.1) is 41.9 Å². The van der Waals surface area contributed by atoms with Crippen LogP contribution in [-0.2, 0) is 39.1 Å². The third-order valence-corrected chi connectivity index (χ3v) is 7.83. The van der Waals surface area contributed by atoms with Crippen LogP contribution < -0.4 is 4.90 Å². The number of rotatable bonds is 9. The maximum absolute atomic E-state index is 12.5. The molecule has 2 aliphatic rings. The van der Waals surface area contributed by atoms with E-state index in [0.29, 0.717) is 6.61 Å². The summed E-state index contributed by atoms with van der Waals surface area (Å²) in [6, 6.07) is 4.15. The van der Waals surface area contributed by atoms with Crippen LogP contribution in [0.25, 0.3) is 11.4 Å². The van der Waals surface area contributed by atoms with Crippen molar-refractivity contribution in [2.45, 2.75) is 72.2 Å². The highest BCUT2D eigenvalue weighted by molar-refractivity contribution is 5.77. The number of anilines is 1. The number of nitrogens with zero attached hydrogens (tertiary/aromatic N) is 5.